The second kappa shape index (κ2) is 8.89. The number of esters is 1. The summed E-state index contributed by atoms with van der Waals surface area (Å²) in [4.78, 5) is 18.1. The highest BCUT2D eigenvalue weighted by Gasteiger charge is 2.41. The van der Waals surface area contributed by atoms with Crippen LogP contribution < -0.4 is 24.0 Å². The minimum Gasteiger partial charge on any atom is -1.00 e. The lowest BCUT2D eigenvalue weighted by molar-refractivity contribution is -0.556. The van der Waals surface area contributed by atoms with Gasteiger partial charge >= 0.3 is 5.97 Å². The van der Waals surface area contributed by atoms with Crippen LogP contribution in [0, 0.1) is 0 Å². The van der Waals surface area contributed by atoms with Crippen molar-refractivity contribution in [2.45, 2.75) is 19.3 Å². The topological polar surface area (TPSA) is 48.3 Å². The maximum absolute atomic E-state index is 12.1. The molecule has 0 amide bonds. The Kier molecular flexibility index (Phi) is 6.24. The predicted octanol–water partition coefficient (Wildman–Crippen LogP) is 0.150. The molecule has 0 aliphatic carbocycles. The van der Waals surface area contributed by atoms with Crippen molar-refractivity contribution in [3.8, 4) is 0 Å². The van der Waals surface area contributed by atoms with E-state index >= 15 is 0 Å². The maximum atomic E-state index is 12.1. The van der Waals surface area contributed by atoms with Crippen molar-refractivity contribution in [3.05, 3.63) is 71.4 Å². The van der Waals surface area contributed by atoms with Crippen molar-refractivity contribution in [2.24, 2.45) is 0 Å². The summed E-state index contributed by atoms with van der Waals surface area (Å²) in [6, 6.07) is 19.2. The van der Waals surface area contributed by atoms with Gasteiger partial charge in [0.05, 0.1) is 12.5 Å². The van der Waals surface area contributed by atoms with Gasteiger partial charge < -0.3 is 33.7 Å². The number of nitrogens with one attached hydrogen (secondary N) is 1. The number of hydrogen-bond donors (Lipinski definition) is 1. The number of carbonyl (C=O) groups is 1. The molecule has 1 unspecified atom stereocenters. The fourth-order valence-electron chi connectivity index (χ4n) is 4.84. The molecule has 5 rings (SSSR count). The number of ether oxygens (including phenoxy) is 1. The number of hydrogen-bond acceptors (Lipinski definition) is 3. The van der Waals surface area contributed by atoms with Crippen LogP contribution in [-0.2, 0) is 16.0 Å². The van der Waals surface area contributed by atoms with E-state index in [1.165, 1.54) is 33.4 Å². The van der Waals surface area contributed by atoms with Crippen molar-refractivity contribution in [3.63, 3.8) is 0 Å². The van der Waals surface area contributed by atoms with E-state index in [1.54, 1.807) is 0 Å². The van der Waals surface area contributed by atoms with Crippen LogP contribution in [0.5, 0.6) is 0 Å². The molecule has 3 heterocycles. The van der Waals surface area contributed by atoms with Gasteiger partial charge in [-0.1, -0.05) is 48.5 Å². The van der Waals surface area contributed by atoms with Gasteiger partial charge in [0.2, 0.25) is 5.71 Å². The molecule has 5 nitrogen and oxygen atoms in total. The highest BCUT2D eigenvalue weighted by atomic mass is 127. The third-order valence-corrected chi connectivity index (χ3v) is 6.04. The molecule has 156 valence electrons. The molecule has 0 spiro atoms. The van der Waals surface area contributed by atoms with Crippen molar-refractivity contribution >= 4 is 22.6 Å². The third kappa shape index (κ3) is 3.78. The molecule has 30 heavy (non-hydrogen) atoms. The summed E-state index contributed by atoms with van der Waals surface area (Å²) in [7, 11) is 0. The lowest BCUT2D eigenvalue weighted by atomic mass is 9.86. The number of aromatic nitrogens is 1. The summed E-state index contributed by atoms with van der Waals surface area (Å²) in [5.74, 6) is 0.0672. The van der Waals surface area contributed by atoms with Crippen molar-refractivity contribution in [1.82, 2.24) is 9.88 Å². The van der Waals surface area contributed by atoms with Crippen LogP contribution in [0.15, 0.2) is 54.6 Å². The van der Waals surface area contributed by atoms with Crippen LogP contribution in [0.1, 0.15) is 29.7 Å². The first-order valence-electron chi connectivity index (χ1n) is 10.4. The second-order valence-corrected chi connectivity index (χ2v) is 7.84. The molecule has 0 radical (unpaired) electrons. The fourth-order valence-corrected chi connectivity index (χ4v) is 4.84. The van der Waals surface area contributed by atoms with Gasteiger partial charge in [0.15, 0.2) is 6.67 Å². The van der Waals surface area contributed by atoms with E-state index in [1.807, 2.05) is 6.92 Å². The molecular weight excluding hydrogens is 489 g/mol. The first-order chi connectivity index (χ1) is 14.2. The Morgan fingerprint density at radius 1 is 1.17 bits per heavy atom. The van der Waals surface area contributed by atoms with Crippen LogP contribution in [-0.4, -0.2) is 59.1 Å². The van der Waals surface area contributed by atoms with E-state index in [4.69, 9.17) is 4.74 Å². The number of halogens is 1. The number of H-pyrrole nitrogens is 1. The minimum atomic E-state index is -0.147. The summed E-state index contributed by atoms with van der Waals surface area (Å²) >= 11 is 0. The number of nitrogens with zero attached hydrogens (tertiary/aromatic N) is 2. The number of fused-ring (bicyclic) bond motifs is 4. The summed E-state index contributed by atoms with van der Waals surface area (Å²) in [6.07, 6.45) is 1.01. The Hall–Kier alpha value is -2.19. The average molecular weight is 515 g/mol. The lowest BCUT2D eigenvalue weighted by Gasteiger charge is -2.33. The SMILES string of the molecule is CCOC(=O)CN1CC(c2ccccc2)C2=[N+](CCc3c2[nH]c2ccccc32)C1.[I-]. The Morgan fingerprint density at radius 3 is 2.73 bits per heavy atom. The van der Waals surface area contributed by atoms with Gasteiger partial charge in [-0.3, -0.25) is 4.79 Å². The first kappa shape index (κ1) is 21.1. The number of rotatable bonds is 4. The largest absolute Gasteiger partial charge is 1.00 e. The quantitative estimate of drug-likeness (QED) is 0.306. The van der Waals surface area contributed by atoms with Crippen molar-refractivity contribution < 1.29 is 38.1 Å². The van der Waals surface area contributed by atoms with Crippen molar-refractivity contribution in [2.75, 3.05) is 32.9 Å². The number of para-hydroxylation sites is 1. The number of carbonyl (C=O) groups excluding carboxylic acids is 1. The zero-order chi connectivity index (χ0) is 19.8. The van der Waals surface area contributed by atoms with Crippen molar-refractivity contribution in [1.29, 1.82) is 0 Å². The molecule has 3 aromatic rings. The van der Waals surface area contributed by atoms with Gasteiger partial charge in [-0.15, -0.1) is 0 Å². The van der Waals surface area contributed by atoms with E-state index in [9.17, 15) is 4.79 Å². The second-order valence-electron chi connectivity index (χ2n) is 7.84. The molecule has 2 aliphatic rings. The zero-order valence-electron chi connectivity index (χ0n) is 17.1. The molecule has 0 fully saturated rings. The molecule has 1 aromatic heterocycles. The highest BCUT2D eigenvalue weighted by Crippen LogP contribution is 2.33. The molecule has 1 atom stereocenters. The number of benzene rings is 2. The normalized spacial score (nSPS) is 18.5. The highest BCUT2D eigenvalue weighted by molar-refractivity contribution is 6.07. The molecule has 2 aromatic carbocycles. The Labute approximate surface area is 193 Å². The predicted molar refractivity (Wildman–Crippen MR) is 113 cm³/mol. The molecule has 0 bridgehead atoms. The zero-order valence-corrected chi connectivity index (χ0v) is 19.3. The molecule has 0 saturated carbocycles. The smallest absolute Gasteiger partial charge is 0.320 e. The van der Waals surface area contributed by atoms with Gasteiger partial charge in [-0.2, -0.15) is 0 Å². The molecule has 0 saturated heterocycles. The molecule has 1 N–H and O–H groups in total. The van der Waals surface area contributed by atoms with Crippen LogP contribution in [0.4, 0.5) is 0 Å². The molecular formula is C24H26IN3O2. The van der Waals surface area contributed by atoms with Gasteiger partial charge in [0, 0.05) is 23.9 Å². The Morgan fingerprint density at radius 2 is 1.93 bits per heavy atom. The minimum absolute atomic E-state index is 0. The van der Waals surface area contributed by atoms with E-state index in [0.717, 1.165) is 26.2 Å². The monoisotopic (exact) mass is 515 g/mol. The van der Waals surface area contributed by atoms with Crippen LogP contribution in [0.3, 0.4) is 0 Å². The molecule has 2 aliphatic heterocycles. The Balaban J connectivity index is 0.00000218. The van der Waals surface area contributed by atoms with E-state index in [-0.39, 0.29) is 35.9 Å². The van der Waals surface area contributed by atoms with E-state index < -0.39 is 0 Å². The summed E-state index contributed by atoms with van der Waals surface area (Å²) in [5.41, 5.74) is 6.53. The summed E-state index contributed by atoms with van der Waals surface area (Å²) in [6.45, 7) is 5.15. The van der Waals surface area contributed by atoms with Crippen LogP contribution >= 0.6 is 0 Å². The van der Waals surface area contributed by atoms with Crippen LogP contribution in [0.25, 0.3) is 10.9 Å². The van der Waals surface area contributed by atoms with Crippen LogP contribution in [0.2, 0.25) is 0 Å². The summed E-state index contributed by atoms with van der Waals surface area (Å²) in [5, 5.41) is 1.33. The average Bonchev–Trinajstić information content (AvgIpc) is 3.12. The van der Waals surface area contributed by atoms with Gasteiger partial charge in [0.25, 0.3) is 0 Å². The third-order valence-electron chi connectivity index (χ3n) is 6.04. The van der Waals surface area contributed by atoms with Gasteiger partial charge in [-0.05, 0) is 24.1 Å². The van der Waals surface area contributed by atoms with E-state index in [2.05, 4.69) is 69.1 Å². The fraction of sp³-hybridized carbons (Fsp3) is 0.333. The Bertz CT molecular complexity index is 1090. The maximum Gasteiger partial charge on any atom is 0.320 e. The first-order valence-corrected chi connectivity index (χ1v) is 10.4. The van der Waals surface area contributed by atoms with Gasteiger partial charge in [0.1, 0.15) is 18.8 Å². The number of aromatic amines is 1. The van der Waals surface area contributed by atoms with Gasteiger partial charge in [-0.25, -0.2) is 9.48 Å². The lowest BCUT2D eigenvalue weighted by Crippen LogP contribution is -3.00. The molecule has 6 heteroatoms. The standard InChI is InChI=1S/C24H25N3O2.HI/c1-2-29-22(28)15-26-14-20(17-8-4-3-5-9-17)24-23-19(12-13-27(24)16-26)18-10-6-7-11-21(18)25-23;/h3-11,20H,2,12-16H2,1H3;1H. The van der Waals surface area contributed by atoms with E-state index in [0.29, 0.717) is 13.2 Å². The summed E-state index contributed by atoms with van der Waals surface area (Å²) < 4.78 is 7.65.